The van der Waals surface area contributed by atoms with Crippen molar-refractivity contribution in [3.8, 4) is 5.75 Å². The second kappa shape index (κ2) is 8.46. The van der Waals surface area contributed by atoms with E-state index in [1.54, 1.807) is 0 Å². The Morgan fingerprint density at radius 3 is 2.87 bits per heavy atom. The lowest BCUT2D eigenvalue weighted by molar-refractivity contribution is -0.116. The number of aryl methyl sites for hydroxylation is 1. The molecule has 0 saturated heterocycles. The SMILES string of the molecule is CCOc1ccc2c(c1)C(C)=CC(C)(C)N2C(=O)CSc1nnc2n1CCCCC2. The van der Waals surface area contributed by atoms with Crippen LogP contribution in [0.4, 0.5) is 5.69 Å². The third kappa shape index (κ3) is 4.00. The van der Waals surface area contributed by atoms with E-state index in [9.17, 15) is 4.79 Å². The number of benzene rings is 1. The lowest BCUT2D eigenvalue weighted by Gasteiger charge is -2.41. The number of fused-ring (bicyclic) bond motifs is 2. The van der Waals surface area contributed by atoms with Crippen LogP contribution in [0.5, 0.6) is 5.75 Å². The van der Waals surface area contributed by atoms with Crippen LogP contribution in [-0.2, 0) is 17.8 Å². The molecule has 2 aliphatic rings. The first-order valence-electron chi connectivity index (χ1n) is 10.8. The number of aromatic nitrogens is 3. The average molecular weight is 427 g/mol. The molecule has 0 radical (unpaired) electrons. The van der Waals surface area contributed by atoms with Crippen molar-refractivity contribution in [2.75, 3.05) is 17.3 Å². The molecule has 7 heteroatoms. The largest absolute Gasteiger partial charge is 0.494 e. The predicted molar refractivity (Wildman–Crippen MR) is 121 cm³/mol. The van der Waals surface area contributed by atoms with E-state index in [-0.39, 0.29) is 5.91 Å². The molecule has 1 aromatic heterocycles. The molecular weight excluding hydrogens is 396 g/mol. The number of hydrogen-bond donors (Lipinski definition) is 0. The van der Waals surface area contributed by atoms with Gasteiger partial charge in [0.1, 0.15) is 11.6 Å². The van der Waals surface area contributed by atoms with Gasteiger partial charge in [-0.15, -0.1) is 10.2 Å². The molecule has 6 nitrogen and oxygen atoms in total. The van der Waals surface area contributed by atoms with Gasteiger partial charge in [0.15, 0.2) is 5.16 Å². The molecular formula is C23H30N4O2S. The van der Waals surface area contributed by atoms with E-state index in [4.69, 9.17) is 4.74 Å². The minimum Gasteiger partial charge on any atom is -0.494 e. The van der Waals surface area contributed by atoms with Crippen LogP contribution in [0.25, 0.3) is 5.57 Å². The number of nitrogens with zero attached hydrogens (tertiary/aromatic N) is 4. The van der Waals surface area contributed by atoms with E-state index >= 15 is 0 Å². The molecule has 0 spiro atoms. The van der Waals surface area contributed by atoms with Gasteiger partial charge in [0, 0.05) is 18.5 Å². The minimum absolute atomic E-state index is 0.0742. The Morgan fingerprint density at radius 1 is 1.23 bits per heavy atom. The molecule has 1 aromatic carbocycles. The maximum absolute atomic E-state index is 13.4. The summed E-state index contributed by atoms with van der Waals surface area (Å²) in [5.74, 6) is 2.29. The van der Waals surface area contributed by atoms with Crippen molar-refractivity contribution in [2.24, 2.45) is 0 Å². The fourth-order valence-corrected chi connectivity index (χ4v) is 5.31. The topological polar surface area (TPSA) is 60.2 Å². The molecule has 0 saturated carbocycles. The Labute approximate surface area is 182 Å². The summed E-state index contributed by atoms with van der Waals surface area (Å²) < 4.78 is 7.87. The second-order valence-corrected chi connectivity index (χ2v) is 9.41. The van der Waals surface area contributed by atoms with Crippen molar-refractivity contribution in [3.63, 3.8) is 0 Å². The molecule has 0 bridgehead atoms. The van der Waals surface area contributed by atoms with Crippen LogP contribution in [0.1, 0.15) is 58.3 Å². The Hall–Kier alpha value is -2.28. The summed E-state index contributed by atoms with van der Waals surface area (Å²) >= 11 is 1.49. The molecule has 1 amide bonds. The summed E-state index contributed by atoms with van der Waals surface area (Å²) in [6.45, 7) is 9.80. The summed E-state index contributed by atoms with van der Waals surface area (Å²) in [5.41, 5.74) is 2.75. The van der Waals surface area contributed by atoms with E-state index in [1.807, 2.05) is 30.0 Å². The number of rotatable bonds is 5. The van der Waals surface area contributed by atoms with Crippen molar-refractivity contribution < 1.29 is 9.53 Å². The van der Waals surface area contributed by atoms with Gasteiger partial charge in [0.05, 0.1) is 23.6 Å². The molecule has 160 valence electrons. The molecule has 3 heterocycles. The van der Waals surface area contributed by atoms with Crippen LogP contribution >= 0.6 is 11.8 Å². The molecule has 0 N–H and O–H groups in total. The van der Waals surface area contributed by atoms with Crippen molar-refractivity contribution in [1.29, 1.82) is 0 Å². The third-order valence-electron chi connectivity index (χ3n) is 5.74. The standard InChI is InChI=1S/C23H30N4O2S/c1-5-29-17-10-11-19-18(13-17)16(2)14-23(3,4)27(19)21(28)15-30-22-25-24-20-9-7-6-8-12-26(20)22/h10-11,13-14H,5-9,12,15H2,1-4H3. The summed E-state index contributed by atoms with van der Waals surface area (Å²) in [6, 6.07) is 5.98. The van der Waals surface area contributed by atoms with E-state index in [2.05, 4.69) is 41.6 Å². The maximum atomic E-state index is 13.4. The zero-order valence-corrected chi connectivity index (χ0v) is 19.1. The van der Waals surface area contributed by atoms with Gasteiger partial charge in [-0.1, -0.05) is 24.3 Å². The molecule has 2 aliphatic heterocycles. The lowest BCUT2D eigenvalue weighted by atomic mass is 9.88. The number of ether oxygens (including phenoxy) is 1. The zero-order valence-electron chi connectivity index (χ0n) is 18.3. The van der Waals surface area contributed by atoms with E-state index in [0.29, 0.717) is 12.4 Å². The number of allylic oxidation sites excluding steroid dienone is 1. The first-order valence-corrected chi connectivity index (χ1v) is 11.7. The highest BCUT2D eigenvalue weighted by molar-refractivity contribution is 7.99. The smallest absolute Gasteiger partial charge is 0.238 e. The monoisotopic (exact) mass is 426 g/mol. The number of amides is 1. The summed E-state index contributed by atoms with van der Waals surface area (Å²) in [4.78, 5) is 15.3. The van der Waals surface area contributed by atoms with Crippen LogP contribution in [-0.4, -0.2) is 38.6 Å². The summed E-state index contributed by atoms with van der Waals surface area (Å²) in [6.07, 6.45) is 6.67. The van der Waals surface area contributed by atoms with E-state index in [0.717, 1.165) is 59.4 Å². The van der Waals surface area contributed by atoms with E-state index < -0.39 is 5.54 Å². The van der Waals surface area contributed by atoms with Gasteiger partial charge in [0.2, 0.25) is 5.91 Å². The highest BCUT2D eigenvalue weighted by Gasteiger charge is 2.36. The Balaban J connectivity index is 1.57. The second-order valence-electron chi connectivity index (χ2n) is 8.47. The Kier molecular flexibility index (Phi) is 5.91. The predicted octanol–water partition coefficient (Wildman–Crippen LogP) is 4.72. The van der Waals surface area contributed by atoms with Crippen LogP contribution in [0, 0.1) is 0 Å². The van der Waals surface area contributed by atoms with Crippen LogP contribution < -0.4 is 9.64 Å². The first kappa shape index (κ1) is 21.0. The lowest BCUT2D eigenvalue weighted by Crippen LogP contribution is -2.49. The highest BCUT2D eigenvalue weighted by Crippen LogP contribution is 2.41. The molecule has 0 aliphatic carbocycles. The van der Waals surface area contributed by atoms with Gasteiger partial charge in [0.25, 0.3) is 0 Å². The molecule has 0 atom stereocenters. The highest BCUT2D eigenvalue weighted by atomic mass is 32.2. The van der Waals surface area contributed by atoms with Gasteiger partial charge in [-0.3, -0.25) is 4.79 Å². The van der Waals surface area contributed by atoms with Crippen LogP contribution in [0.2, 0.25) is 0 Å². The van der Waals surface area contributed by atoms with Gasteiger partial charge in [-0.05, 0) is 64.3 Å². The summed E-state index contributed by atoms with van der Waals surface area (Å²) in [7, 11) is 0. The fraction of sp³-hybridized carbons (Fsp3) is 0.522. The van der Waals surface area contributed by atoms with Gasteiger partial charge in [-0.25, -0.2) is 0 Å². The third-order valence-corrected chi connectivity index (χ3v) is 6.69. The van der Waals surface area contributed by atoms with Gasteiger partial charge >= 0.3 is 0 Å². The quantitative estimate of drug-likeness (QED) is 0.647. The Morgan fingerprint density at radius 2 is 2.07 bits per heavy atom. The van der Waals surface area contributed by atoms with Crippen LogP contribution in [0.3, 0.4) is 0 Å². The Bertz CT molecular complexity index is 980. The number of thioether (sulfide) groups is 1. The maximum Gasteiger partial charge on any atom is 0.238 e. The fourth-order valence-electron chi connectivity index (χ4n) is 4.48. The van der Waals surface area contributed by atoms with Crippen molar-refractivity contribution in [1.82, 2.24) is 14.8 Å². The molecule has 0 fully saturated rings. The number of carbonyl (C=O) groups is 1. The molecule has 2 aromatic rings. The first-order chi connectivity index (χ1) is 14.4. The molecule has 0 unspecified atom stereocenters. The normalized spacial score (nSPS) is 17.6. The zero-order chi connectivity index (χ0) is 21.3. The number of carbonyl (C=O) groups excluding carboxylic acids is 1. The van der Waals surface area contributed by atoms with Gasteiger partial charge < -0.3 is 14.2 Å². The average Bonchev–Trinajstić information content (AvgIpc) is 2.92. The van der Waals surface area contributed by atoms with Crippen LogP contribution in [0.15, 0.2) is 29.4 Å². The van der Waals surface area contributed by atoms with Crippen molar-refractivity contribution in [2.45, 2.75) is 70.6 Å². The molecule has 30 heavy (non-hydrogen) atoms. The minimum atomic E-state index is -0.399. The summed E-state index contributed by atoms with van der Waals surface area (Å²) in [5, 5.41) is 9.57. The van der Waals surface area contributed by atoms with Gasteiger partial charge in [-0.2, -0.15) is 0 Å². The molecule has 4 rings (SSSR count). The van der Waals surface area contributed by atoms with Crippen molar-refractivity contribution in [3.05, 3.63) is 35.7 Å². The number of hydrogen-bond acceptors (Lipinski definition) is 5. The van der Waals surface area contributed by atoms with E-state index in [1.165, 1.54) is 18.2 Å². The van der Waals surface area contributed by atoms with Crippen molar-refractivity contribution >= 4 is 28.9 Å². The number of anilines is 1.